The Morgan fingerprint density at radius 3 is 2.28 bits per heavy atom. The molecular formula is C27H35F3O6. The summed E-state index contributed by atoms with van der Waals surface area (Å²) in [6.07, 6.45) is 0.540. The number of carbonyl (C=O) groups excluding carboxylic acids is 4. The summed E-state index contributed by atoms with van der Waals surface area (Å²) >= 11 is 0. The number of hydrogen-bond acceptors (Lipinski definition) is 6. The lowest BCUT2D eigenvalue weighted by Crippen LogP contribution is -2.58. The van der Waals surface area contributed by atoms with E-state index in [2.05, 4.69) is 11.7 Å². The minimum absolute atomic E-state index is 0.0644. The molecule has 8 atom stereocenters. The third-order valence-electron chi connectivity index (χ3n) is 9.78. The van der Waals surface area contributed by atoms with Crippen LogP contribution in [-0.4, -0.2) is 35.8 Å². The van der Waals surface area contributed by atoms with E-state index in [-0.39, 0.29) is 53.4 Å². The molecule has 4 saturated carbocycles. The summed E-state index contributed by atoms with van der Waals surface area (Å²) < 4.78 is 49.9. The van der Waals surface area contributed by atoms with Gasteiger partial charge in [0.1, 0.15) is 11.9 Å². The van der Waals surface area contributed by atoms with E-state index in [1.807, 2.05) is 6.92 Å². The van der Waals surface area contributed by atoms with Crippen molar-refractivity contribution in [2.45, 2.75) is 91.3 Å². The lowest BCUT2D eigenvalue weighted by molar-refractivity contribution is -0.169. The maximum absolute atomic E-state index is 13.7. The monoisotopic (exact) mass is 512 g/mol. The second-order valence-corrected chi connectivity index (χ2v) is 11.8. The van der Waals surface area contributed by atoms with Crippen LogP contribution in [0.4, 0.5) is 13.2 Å². The fraction of sp³-hybridized carbons (Fsp3) is 0.778. The van der Waals surface area contributed by atoms with Crippen molar-refractivity contribution in [1.82, 2.24) is 0 Å². The van der Waals surface area contributed by atoms with Crippen LogP contribution in [0.15, 0.2) is 11.8 Å². The fourth-order valence-electron chi connectivity index (χ4n) is 8.40. The minimum atomic E-state index is -4.97. The number of hydrogen-bond donors (Lipinski definition) is 0. The summed E-state index contributed by atoms with van der Waals surface area (Å²) in [5.74, 6) is -4.15. The van der Waals surface area contributed by atoms with Crippen LogP contribution in [0.3, 0.4) is 0 Å². The molecule has 0 spiro atoms. The van der Waals surface area contributed by atoms with Crippen molar-refractivity contribution in [3.8, 4) is 0 Å². The molecule has 0 aromatic rings. The Morgan fingerprint density at radius 2 is 1.67 bits per heavy atom. The molecule has 200 valence electrons. The van der Waals surface area contributed by atoms with Gasteiger partial charge in [-0.3, -0.25) is 19.2 Å². The van der Waals surface area contributed by atoms with E-state index in [4.69, 9.17) is 4.74 Å². The first-order chi connectivity index (χ1) is 16.7. The van der Waals surface area contributed by atoms with Gasteiger partial charge in [-0.05, 0) is 73.5 Å². The fourth-order valence-corrected chi connectivity index (χ4v) is 8.40. The molecule has 0 heterocycles. The Hall–Kier alpha value is -2.19. The molecule has 9 heteroatoms. The number of alkyl halides is 3. The molecule has 0 N–H and O–H groups in total. The Bertz CT molecular complexity index is 986. The lowest BCUT2D eigenvalue weighted by Gasteiger charge is -2.59. The Labute approximate surface area is 209 Å². The molecule has 0 radical (unpaired) electrons. The summed E-state index contributed by atoms with van der Waals surface area (Å²) in [7, 11) is 0. The van der Waals surface area contributed by atoms with Crippen LogP contribution >= 0.6 is 0 Å². The van der Waals surface area contributed by atoms with Crippen molar-refractivity contribution >= 4 is 23.5 Å². The normalized spacial score (nSPS) is 40.5. The lowest BCUT2D eigenvalue weighted by atomic mass is 9.44. The van der Waals surface area contributed by atoms with Crippen molar-refractivity contribution in [3.63, 3.8) is 0 Å². The average Bonchev–Trinajstić information content (AvgIpc) is 3.08. The first-order valence-electron chi connectivity index (χ1n) is 12.9. The first kappa shape index (κ1) is 26.9. The number of esters is 2. The smallest absolute Gasteiger partial charge is 0.449 e. The van der Waals surface area contributed by atoms with E-state index in [1.165, 1.54) is 6.92 Å². The highest BCUT2D eigenvalue weighted by Gasteiger charge is 2.64. The highest BCUT2D eigenvalue weighted by Crippen LogP contribution is 2.66. The van der Waals surface area contributed by atoms with Gasteiger partial charge in [-0.15, -0.1) is 0 Å². The second-order valence-electron chi connectivity index (χ2n) is 11.8. The Morgan fingerprint density at radius 1 is 0.972 bits per heavy atom. The molecule has 4 fully saturated rings. The van der Waals surface area contributed by atoms with Crippen LogP contribution in [0, 0.1) is 40.4 Å². The molecular weight excluding hydrogens is 477 g/mol. The third kappa shape index (κ3) is 4.62. The molecule has 36 heavy (non-hydrogen) atoms. The SMILES string of the molecule is CC(=O)O/C(=C\C(=O)[C@H]1CC[C@H]2[C@@H]3CC[C@@H]4C[C@@H](OC(C)=O)CC[C@]4(C)[C@H]3C(=O)C[C@]12C)C(F)(F)F. The van der Waals surface area contributed by atoms with Crippen molar-refractivity contribution in [2.24, 2.45) is 40.4 Å². The number of fused-ring (bicyclic) bond motifs is 5. The maximum Gasteiger partial charge on any atom is 0.449 e. The second kappa shape index (κ2) is 9.28. The predicted molar refractivity (Wildman–Crippen MR) is 122 cm³/mol. The van der Waals surface area contributed by atoms with Crippen molar-refractivity contribution < 1.29 is 41.8 Å². The summed E-state index contributed by atoms with van der Waals surface area (Å²) in [6, 6.07) is 0. The topological polar surface area (TPSA) is 86.7 Å². The molecule has 6 nitrogen and oxygen atoms in total. The van der Waals surface area contributed by atoms with Crippen LogP contribution in [0.1, 0.15) is 79.1 Å². The summed E-state index contributed by atoms with van der Waals surface area (Å²) in [5, 5.41) is 0. The van der Waals surface area contributed by atoms with E-state index in [9.17, 15) is 32.3 Å². The summed E-state index contributed by atoms with van der Waals surface area (Å²) in [5.41, 5.74) is -0.935. The number of halogens is 3. The average molecular weight is 513 g/mol. The van der Waals surface area contributed by atoms with Crippen molar-refractivity contribution in [3.05, 3.63) is 11.8 Å². The zero-order valence-electron chi connectivity index (χ0n) is 21.3. The number of ketones is 2. The molecule has 0 aromatic carbocycles. The van der Waals surface area contributed by atoms with Crippen LogP contribution < -0.4 is 0 Å². The number of allylic oxidation sites excluding steroid dienone is 2. The largest absolute Gasteiger partial charge is 0.463 e. The van der Waals surface area contributed by atoms with Crippen LogP contribution in [0.2, 0.25) is 0 Å². The van der Waals surface area contributed by atoms with Gasteiger partial charge in [-0.1, -0.05) is 13.8 Å². The predicted octanol–water partition coefficient (Wildman–Crippen LogP) is 5.33. The molecule has 0 unspecified atom stereocenters. The van der Waals surface area contributed by atoms with Gasteiger partial charge in [0.15, 0.2) is 5.78 Å². The van der Waals surface area contributed by atoms with Crippen LogP contribution in [0.5, 0.6) is 0 Å². The van der Waals surface area contributed by atoms with Crippen molar-refractivity contribution in [2.75, 3.05) is 0 Å². The number of ether oxygens (including phenoxy) is 2. The zero-order chi connectivity index (χ0) is 26.6. The standard InChI is InChI=1S/C27H35F3O6/c1-14(31)35-17-9-10-25(3)16(11-17)5-6-18-19-7-8-20(26(19,4)13-22(34)24(18)25)21(33)12-23(27(28,29)30)36-15(2)32/h12,16-20,24H,5-11,13H2,1-4H3/b23-12-/t16-,17+,18+,19+,20-,24-,25+,26+/m1/s1. The summed E-state index contributed by atoms with van der Waals surface area (Å²) in [4.78, 5) is 49.5. The van der Waals surface area contributed by atoms with Gasteiger partial charge in [0.2, 0.25) is 5.76 Å². The van der Waals surface area contributed by atoms with E-state index >= 15 is 0 Å². The van der Waals surface area contributed by atoms with Gasteiger partial charge >= 0.3 is 18.1 Å². The van der Waals surface area contributed by atoms with Crippen molar-refractivity contribution in [1.29, 1.82) is 0 Å². The van der Waals surface area contributed by atoms with Gasteiger partial charge < -0.3 is 9.47 Å². The third-order valence-corrected chi connectivity index (χ3v) is 9.78. The molecule has 4 aliphatic rings. The van der Waals surface area contributed by atoms with Crippen LogP contribution in [-0.2, 0) is 28.7 Å². The Kier molecular flexibility index (Phi) is 6.92. The number of Topliss-reactive ketones (excluding diaryl/α,β-unsaturated/α-hetero) is 1. The van der Waals surface area contributed by atoms with Gasteiger partial charge in [0.05, 0.1) is 0 Å². The molecule has 0 aromatic heterocycles. The molecule has 0 amide bonds. The molecule has 4 aliphatic carbocycles. The molecule has 0 aliphatic heterocycles. The van der Waals surface area contributed by atoms with Gasteiger partial charge in [0.25, 0.3) is 0 Å². The van der Waals surface area contributed by atoms with E-state index in [0.717, 1.165) is 32.6 Å². The zero-order valence-corrected chi connectivity index (χ0v) is 21.3. The van der Waals surface area contributed by atoms with E-state index < -0.39 is 35.0 Å². The Balaban J connectivity index is 1.57. The quantitative estimate of drug-likeness (QED) is 0.287. The first-order valence-corrected chi connectivity index (χ1v) is 12.9. The van der Waals surface area contributed by atoms with Crippen LogP contribution in [0.25, 0.3) is 0 Å². The molecule has 0 saturated heterocycles. The van der Waals surface area contributed by atoms with Gasteiger partial charge in [0, 0.05) is 38.2 Å². The van der Waals surface area contributed by atoms with Gasteiger partial charge in [-0.2, -0.15) is 13.2 Å². The molecule has 0 bridgehead atoms. The van der Waals surface area contributed by atoms with E-state index in [1.54, 1.807) is 0 Å². The maximum atomic E-state index is 13.7. The number of rotatable bonds is 4. The van der Waals surface area contributed by atoms with Gasteiger partial charge in [-0.25, -0.2) is 0 Å². The summed E-state index contributed by atoms with van der Waals surface area (Å²) in [6.45, 7) is 6.31. The molecule has 4 rings (SSSR count). The minimum Gasteiger partial charge on any atom is -0.463 e. The highest BCUT2D eigenvalue weighted by molar-refractivity contribution is 5.95. The number of carbonyl (C=O) groups is 4. The highest BCUT2D eigenvalue weighted by atomic mass is 19.4. The van der Waals surface area contributed by atoms with E-state index in [0.29, 0.717) is 25.3 Å².